The van der Waals surface area contributed by atoms with Crippen LogP contribution in [0.25, 0.3) is 0 Å². The van der Waals surface area contributed by atoms with Crippen LogP contribution in [0.3, 0.4) is 0 Å². The molecule has 0 aliphatic carbocycles. The van der Waals surface area contributed by atoms with Gasteiger partial charge in [-0.25, -0.2) is 0 Å². The number of nitrogens with one attached hydrogen (secondary N) is 1. The van der Waals surface area contributed by atoms with E-state index in [9.17, 15) is 4.79 Å². The molecule has 1 aromatic rings. The van der Waals surface area contributed by atoms with Gasteiger partial charge < -0.3 is 15.8 Å². The number of rotatable bonds is 4. The van der Waals surface area contributed by atoms with Gasteiger partial charge in [0.1, 0.15) is 6.04 Å². The monoisotopic (exact) mass is 234 g/mol. The van der Waals surface area contributed by atoms with Crippen LogP contribution in [0, 0.1) is 5.92 Å². The van der Waals surface area contributed by atoms with Gasteiger partial charge in [0.2, 0.25) is 5.91 Å². The van der Waals surface area contributed by atoms with Crippen molar-refractivity contribution in [1.29, 1.82) is 0 Å². The Morgan fingerprint density at radius 2 is 2.24 bits per heavy atom. The number of amides is 1. The summed E-state index contributed by atoms with van der Waals surface area (Å²) in [5.74, 6) is 0.310. The maximum atomic E-state index is 11.8. The Morgan fingerprint density at radius 3 is 2.88 bits per heavy atom. The van der Waals surface area contributed by atoms with E-state index in [0.29, 0.717) is 12.5 Å². The maximum absolute atomic E-state index is 11.8. The highest BCUT2D eigenvalue weighted by molar-refractivity contribution is 5.82. The van der Waals surface area contributed by atoms with Crippen molar-refractivity contribution in [3.8, 4) is 0 Å². The first kappa shape index (κ1) is 12.1. The van der Waals surface area contributed by atoms with Crippen molar-refractivity contribution in [2.75, 3.05) is 19.8 Å². The van der Waals surface area contributed by atoms with E-state index in [0.717, 1.165) is 25.2 Å². The second kappa shape index (κ2) is 5.80. The largest absolute Gasteiger partial charge is 0.381 e. The zero-order chi connectivity index (χ0) is 12.1. The van der Waals surface area contributed by atoms with E-state index in [1.807, 2.05) is 30.3 Å². The molecule has 1 fully saturated rings. The van der Waals surface area contributed by atoms with Gasteiger partial charge in [-0.1, -0.05) is 30.3 Å². The van der Waals surface area contributed by atoms with Crippen molar-refractivity contribution in [2.24, 2.45) is 11.7 Å². The molecule has 2 unspecified atom stereocenters. The first-order valence-electron chi connectivity index (χ1n) is 5.93. The molecule has 0 saturated carbocycles. The molecule has 4 nitrogen and oxygen atoms in total. The lowest BCUT2D eigenvalue weighted by atomic mass is 10.1. The molecule has 3 N–H and O–H groups in total. The van der Waals surface area contributed by atoms with E-state index in [4.69, 9.17) is 10.5 Å². The van der Waals surface area contributed by atoms with Crippen LogP contribution < -0.4 is 11.1 Å². The summed E-state index contributed by atoms with van der Waals surface area (Å²) in [5, 5.41) is 2.88. The first-order chi connectivity index (χ1) is 8.27. The van der Waals surface area contributed by atoms with Gasteiger partial charge in [-0.2, -0.15) is 0 Å². The molecule has 17 heavy (non-hydrogen) atoms. The van der Waals surface area contributed by atoms with Crippen LogP contribution in [0.1, 0.15) is 18.0 Å². The number of hydrogen-bond donors (Lipinski definition) is 2. The molecule has 1 heterocycles. The van der Waals surface area contributed by atoms with E-state index < -0.39 is 6.04 Å². The lowest BCUT2D eigenvalue weighted by Crippen LogP contribution is -2.37. The lowest BCUT2D eigenvalue weighted by Gasteiger charge is -2.14. The smallest absolute Gasteiger partial charge is 0.241 e. The summed E-state index contributed by atoms with van der Waals surface area (Å²) >= 11 is 0. The molecule has 0 spiro atoms. The molecular weight excluding hydrogens is 216 g/mol. The Hall–Kier alpha value is -1.39. The number of carbonyl (C=O) groups is 1. The van der Waals surface area contributed by atoms with Crippen LogP contribution >= 0.6 is 0 Å². The topological polar surface area (TPSA) is 64.4 Å². The molecule has 0 bridgehead atoms. The number of carbonyl (C=O) groups excluding carboxylic acids is 1. The van der Waals surface area contributed by atoms with Crippen LogP contribution in [0.5, 0.6) is 0 Å². The summed E-state index contributed by atoms with van der Waals surface area (Å²) in [4.78, 5) is 11.8. The Kier molecular flexibility index (Phi) is 4.12. The summed E-state index contributed by atoms with van der Waals surface area (Å²) in [7, 11) is 0. The van der Waals surface area contributed by atoms with E-state index >= 15 is 0 Å². The zero-order valence-electron chi connectivity index (χ0n) is 9.76. The Bertz CT molecular complexity index is 361. The van der Waals surface area contributed by atoms with E-state index in [2.05, 4.69) is 5.32 Å². The second-order valence-electron chi connectivity index (χ2n) is 4.36. The van der Waals surface area contributed by atoms with E-state index in [-0.39, 0.29) is 5.91 Å². The van der Waals surface area contributed by atoms with Gasteiger partial charge in [0, 0.05) is 19.1 Å². The normalized spacial score (nSPS) is 21.1. The van der Waals surface area contributed by atoms with Gasteiger partial charge in [0.25, 0.3) is 0 Å². The predicted octanol–water partition coefficient (Wildman–Crippen LogP) is 0.839. The quantitative estimate of drug-likeness (QED) is 0.811. The number of hydrogen-bond acceptors (Lipinski definition) is 3. The predicted molar refractivity (Wildman–Crippen MR) is 65.3 cm³/mol. The molecule has 1 aromatic carbocycles. The summed E-state index contributed by atoms with van der Waals surface area (Å²) in [6, 6.07) is 8.81. The lowest BCUT2D eigenvalue weighted by molar-refractivity contribution is -0.122. The zero-order valence-corrected chi connectivity index (χ0v) is 9.76. The molecule has 92 valence electrons. The Balaban J connectivity index is 1.83. The highest BCUT2D eigenvalue weighted by Crippen LogP contribution is 2.12. The van der Waals surface area contributed by atoms with Crippen molar-refractivity contribution in [3.05, 3.63) is 35.9 Å². The van der Waals surface area contributed by atoms with Gasteiger partial charge in [-0.05, 0) is 12.0 Å². The fourth-order valence-electron chi connectivity index (χ4n) is 1.91. The standard InChI is InChI=1S/C13H18N2O2/c14-12(11-4-2-1-3-5-11)13(16)15-8-10-6-7-17-9-10/h1-5,10,12H,6-9,14H2,(H,15,16). The Labute approximate surface area is 101 Å². The fraction of sp³-hybridized carbons (Fsp3) is 0.462. The average molecular weight is 234 g/mol. The van der Waals surface area contributed by atoms with E-state index in [1.165, 1.54) is 0 Å². The highest BCUT2D eigenvalue weighted by Gasteiger charge is 2.19. The first-order valence-corrected chi connectivity index (χ1v) is 5.93. The maximum Gasteiger partial charge on any atom is 0.241 e. The summed E-state index contributed by atoms with van der Waals surface area (Å²) in [6.07, 6.45) is 1.01. The van der Waals surface area contributed by atoms with Gasteiger partial charge in [-0.3, -0.25) is 4.79 Å². The molecule has 1 saturated heterocycles. The Morgan fingerprint density at radius 1 is 1.47 bits per heavy atom. The minimum Gasteiger partial charge on any atom is -0.381 e. The SMILES string of the molecule is NC(C(=O)NCC1CCOC1)c1ccccc1. The third-order valence-electron chi connectivity index (χ3n) is 3.03. The summed E-state index contributed by atoms with van der Waals surface area (Å²) < 4.78 is 5.25. The molecule has 1 aliphatic rings. The van der Waals surface area contributed by atoms with Crippen molar-refractivity contribution < 1.29 is 9.53 Å². The van der Waals surface area contributed by atoms with Gasteiger partial charge in [0.05, 0.1) is 6.61 Å². The molecule has 0 aromatic heterocycles. The third-order valence-corrected chi connectivity index (χ3v) is 3.03. The third kappa shape index (κ3) is 3.28. The minimum atomic E-state index is -0.585. The van der Waals surface area contributed by atoms with Crippen LogP contribution in [0.4, 0.5) is 0 Å². The van der Waals surface area contributed by atoms with E-state index in [1.54, 1.807) is 0 Å². The van der Waals surface area contributed by atoms with Gasteiger partial charge >= 0.3 is 0 Å². The molecule has 1 aliphatic heterocycles. The fourth-order valence-corrected chi connectivity index (χ4v) is 1.91. The molecule has 1 amide bonds. The second-order valence-corrected chi connectivity index (χ2v) is 4.36. The van der Waals surface area contributed by atoms with Crippen LogP contribution in [-0.2, 0) is 9.53 Å². The molecule has 2 atom stereocenters. The summed E-state index contributed by atoms with van der Waals surface area (Å²) in [6.45, 7) is 2.19. The van der Waals surface area contributed by atoms with Gasteiger partial charge in [0.15, 0.2) is 0 Å². The van der Waals surface area contributed by atoms with Crippen LogP contribution in [0.2, 0.25) is 0 Å². The van der Waals surface area contributed by atoms with Crippen molar-refractivity contribution in [3.63, 3.8) is 0 Å². The van der Waals surface area contributed by atoms with Crippen molar-refractivity contribution in [2.45, 2.75) is 12.5 Å². The molecule has 0 radical (unpaired) electrons. The highest BCUT2D eigenvalue weighted by atomic mass is 16.5. The molecule has 4 heteroatoms. The van der Waals surface area contributed by atoms with Crippen molar-refractivity contribution >= 4 is 5.91 Å². The van der Waals surface area contributed by atoms with Crippen LogP contribution in [0.15, 0.2) is 30.3 Å². The number of nitrogens with two attached hydrogens (primary N) is 1. The summed E-state index contributed by atoms with van der Waals surface area (Å²) in [5.41, 5.74) is 6.72. The average Bonchev–Trinajstić information content (AvgIpc) is 2.89. The minimum absolute atomic E-state index is 0.122. The van der Waals surface area contributed by atoms with Crippen LogP contribution in [-0.4, -0.2) is 25.7 Å². The number of benzene rings is 1. The van der Waals surface area contributed by atoms with Crippen molar-refractivity contribution in [1.82, 2.24) is 5.32 Å². The molecular formula is C13H18N2O2. The molecule has 2 rings (SSSR count). The number of ether oxygens (including phenoxy) is 1. The van der Waals surface area contributed by atoms with Gasteiger partial charge in [-0.15, -0.1) is 0 Å².